The van der Waals surface area contributed by atoms with Crippen LogP contribution in [0.1, 0.15) is 19.2 Å². The summed E-state index contributed by atoms with van der Waals surface area (Å²) in [5.41, 5.74) is 1.84. The first-order valence-corrected chi connectivity index (χ1v) is 7.95. The Kier molecular flexibility index (Phi) is 3.74. The van der Waals surface area contributed by atoms with Crippen LogP contribution in [0.5, 0.6) is 0 Å². The van der Waals surface area contributed by atoms with Crippen molar-refractivity contribution >= 4 is 11.2 Å². The SMILES string of the molecule is CCCn1c(Cn2ccnc2-c2ncccn2)nc2cccnc21. The van der Waals surface area contributed by atoms with E-state index in [1.807, 2.05) is 22.9 Å². The van der Waals surface area contributed by atoms with Gasteiger partial charge in [0, 0.05) is 37.5 Å². The molecule has 4 aromatic heterocycles. The number of imidazole rings is 2. The van der Waals surface area contributed by atoms with Crippen LogP contribution < -0.4 is 0 Å². The van der Waals surface area contributed by atoms with Crippen molar-refractivity contribution in [3.05, 3.63) is 55.0 Å². The Morgan fingerprint density at radius 2 is 1.79 bits per heavy atom. The van der Waals surface area contributed by atoms with Gasteiger partial charge in [-0.1, -0.05) is 6.92 Å². The summed E-state index contributed by atoms with van der Waals surface area (Å²) in [5.74, 6) is 2.30. The Balaban J connectivity index is 1.76. The van der Waals surface area contributed by atoms with Crippen molar-refractivity contribution < 1.29 is 0 Å². The zero-order chi connectivity index (χ0) is 16.4. The molecule has 0 aliphatic carbocycles. The number of hydrogen-bond acceptors (Lipinski definition) is 5. The summed E-state index contributed by atoms with van der Waals surface area (Å²) in [7, 11) is 0. The van der Waals surface area contributed by atoms with Gasteiger partial charge < -0.3 is 9.13 Å². The van der Waals surface area contributed by atoms with Gasteiger partial charge in [-0.2, -0.15) is 0 Å². The molecule has 0 saturated heterocycles. The van der Waals surface area contributed by atoms with Crippen molar-refractivity contribution in [2.75, 3.05) is 0 Å². The van der Waals surface area contributed by atoms with E-state index in [9.17, 15) is 0 Å². The predicted octanol–water partition coefficient (Wildman–Crippen LogP) is 2.54. The fourth-order valence-electron chi connectivity index (χ4n) is 2.79. The number of fused-ring (bicyclic) bond motifs is 1. The van der Waals surface area contributed by atoms with Gasteiger partial charge in [-0.15, -0.1) is 0 Å². The van der Waals surface area contributed by atoms with Gasteiger partial charge in [0.25, 0.3) is 0 Å². The fraction of sp³-hybridized carbons (Fsp3) is 0.235. The largest absolute Gasteiger partial charge is 0.321 e. The molecule has 0 N–H and O–H groups in total. The maximum Gasteiger partial charge on any atom is 0.195 e. The third-order valence-electron chi connectivity index (χ3n) is 3.82. The summed E-state index contributed by atoms with van der Waals surface area (Å²) < 4.78 is 4.19. The molecule has 7 nitrogen and oxygen atoms in total. The fourth-order valence-corrected chi connectivity index (χ4v) is 2.79. The molecular formula is C17H17N7. The number of aryl methyl sites for hydroxylation is 1. The Morgan fingerprint density at radius 3 is 2.62 bits per heavy atom. The van der Waals surface area contributed by atoms with Crippen molar-refractivity contribution in [1.29, 1.82) is 0 Å². The highest BCUT2D eigenvalue weighted by molar-refractivity contribution is 5.71. The lowest BCUT2D eigenvalue weighted by Crippen LogP contribution is -2.10. The van der Waals surface area contributed by atoms with Gasteiger partial charge in [0.05, 0.1) is 6.54 Å². The van der Waals surface area contributed by atoms with E-state index in [1.165, 1.54) is 0 Å². The lowest BCUT2D eigenvalue weighted by molar-refractivity contribution is 0.623. The lowest BCUT2D eigenvalue weighted by Gasteiger charge is -2.09. The Morgan fingerprint density at radius 1 is 0.958 bits per heavy atom. The third kappa shape index (κ3) is 2.54. The van der Waals surface area contributed by atoms with E-state index in [-0.39, 0.29) is 0 Å². The van der Waals surface area contributed by atoms with E-state index in [1.54, 1.807) is 30.9 Å². The van der Waals surface area contributed by atoms with Crippen molar-refractivity contribution in [1.82, 2.24) is 34.1 Å². The lowest BCUT2D eigenvalue weighted by atomic mass is 10.4. The Hall–Kier alpha value is -3.09. The zero-order valence-corrected chi connectivity index (χ0v) is 13.4. The molecule has 0 fully saturated rings. The number of hydrogen-bond donors (Lipinski definition) is 0. The van der Waals surface area contributed by atoms with Gasteiger partial charge in [0.15, 0.2) is 17.3 Å². The van der Waals surface area contributed by atoms with E-state index in [0.29, 0.717) is 12.4 Å². The summed E-state index contributed by atoms with van der Waals surface area (Å²) in [6, 6.07) is 5.70. The molecular weight excluding hydrogens is 302 g/mol. The normalized spacial score (nSPS) is 11.2. The highest BCUT2D eigenvalue weighted by Gasteiger charge is 2.14. The summed E-state index contributed by atoms with van der Waals surface area (Å²) in [4.78, 5) is 22.2. The minimum Gasteiger partial charge on any atom is -0.321 e. The number of aromatic nitrogens is 7. The van der Waals surface area contributed by atoms with Crippen molar-refractivity contribution in [3.63, 3.8) is 0 Å². The maximum atomic E-state index is 4.75. The number of rotatable bonds is 5. The minimum absolute atomic E-state index is 0.601. The molecule has 0 aliphatic heterocycles. The molecule has 4 rings (SSSR count). The van der Waals surface area contributed by atoms with E-state index in [0.717, 1.165) is 35.8 Å². The average Bonchev–Trinajstić information content (AvgIpc) is 3.22. The standard InChI is InChI=1S/C17H17N7/c1-2-10-24-14(22-13-5-3-6-20-16(13)24)12-23-11-9-21-17(23)15-18-7-4-8-19-15/h3-9,11H,2,10,12H2,1H3. The van der Waals surface area contributed by atoms with Gasteiger partial charge in [-0.05, 0) is 24.6 Å². The van der Waals surface area contributed by atoms with Crippen LogP contribution in [0.25, 0.3) is 22.8 Å². The molecule has 0 saturated carbocycles. The van der Waals surface area contributed by atoms with Gasteiger partial charge in [0.1, 0.15) is 11.3 Å². The van der Waals surface area contributed by atoms with Gasteiger partial charge >= 0.3 is 0 Å². The topological polar surface area (TPSA) is 74.3 Å². The van der Waals surface area contributed by atoms with Gasteiger partial charge in [-0.3, -0.25) is 0 Å². The average molecular weight is 319 g/mol. The molecule has 0 spiro atoms. The molecule has 0 amide bonds. The number of pyridine rings is 1. The van der Waals surface area contributed by atoms with Crippen LogP contribution in [0.3, 0.4) is 0 Å². The van der Waals surface area contributed by atoms with E-state index < -0.39 is 0 Å². The van der Waals surface area contributed by atoms with E-state index >= 15 is 0 Å². The van der Waals surface area contributed by atoms with Crippen molar-refractivity contribution in [3.8, 4) is 11.6 Å². The smallest absolute Gasteiger partial charge is 0.195 e. The second-order valence-corrected chi connectivity index (χ2v) is 5.48. The van der Waals surface area contributed by atoms with Crippen LogP contribution in [0.2, 0.25) is 0 Å². The Labute approximate surface area is 139 Å². The zero-order valence-electron chi connectivity index (χ0n) is 13.4. The summed E-state index contributed by atoms with van der Waals surface area (Å²) in [6.07, 6.45) is 9.95. The summed E-state index contributed by atoms with van der Waals surface area (Å²) >= 11 is 0. The van der Waals surface area contributed by atoms with Crippen LogP contribution in [-0.2, 0) is 13.1 Å². The predicted molar refractivity (Wildman–Crippen MR) is 90.2 cm³/mol. The second-order valence-electron chi connectivity index (χ2n) is 5.48. The van der Waals surface area contributed by atoms with E-state index in [4.69, 9.17) is 4.98 Å². The summed E-state index contributed by atoms with van der Waals surface area (Å²) in [6.45, 7) is 3.64. The first kappa shape index (κ1) is 14.5. The molecule has 120 valence electrons. The van der Waals surface area contributed by atoms with Crippen LogP contribution in [0, 0.1) is 0 Å². The van der Waals surface area contributed by atoms with Crippen LogP contribution in [0.15, 0.2) is 49.2 Å². The molecule has 24 heavy (non-hydrogen) atoms. The second kappa shape index (κ2) is 6.19. The molecule has 7 heteroatoms. The number of nitrogens with zero attached hydrogens (tertiary/aromatic N) is 7. The molecule has 0 aliphatic rings. The minimum atomic E-state index is 0.601. The quantitative estimate of drug-likeness (QED) is 0.565. The highest BCUT2D eigenvalue weighted by Crippen LogP contribution is 2.18. The summed E-state index contributed by atoms with van der Waals surface area (Å²) in [5, 5.41) is 0. The van der Waals surface area contributed by atoms with Crippen LogP contribution >= 0.6 is 0 Å². The highest BCUT2D eigenvalue weighted by atomic mass is 15.2. The molecule has 0 atom stereocenters. The first-order chi connectivity index (χ1) is 11.9. The molecule has 0 radical (unpaired) electrons. The molecule has 0 aromatic carbocycles. The van der Waals surface area contributed by atoms with Gasteiger partial charge in [-0.25, -0.2) is 24.9 Å². The van der Waals surface area contributed by atoms with Gasteiger partial charge in [0.2, 0.25) is 0 Å². The molecule has 4 aromatic rings. The van der Waals surface area contributed by atoms with Crippen LogP contribution in [-0.4, -0.2) is 34.1 Å². The van der Waals surface area contributed by atoms with Crippen molar-refractivity contribution in [2.24, 2.45) is 0 Å². The monoisotopic (exact) mass is 319 g/mol. The van der Waals surface area contributed by atoms with Crippen LogP contribution in [0.4, 0.5) is 0 Å². The Bertz CT molecular complexity index is 955. The molecule has 0 unspecified atom stereocenters. The van der Waals surface area contributed by atoms with E-state index in [2.05, 4.69) is 31.4 Å². The maximum absolute atomic E-state index is 4.75. The first-order valence-electron chi connectivity index (χ1n) is 7.95. The van der Waals surface area contributed by atoms with Crippen molar-refractivity contribution in [2.45, 2.75) is 26.4 Å². The molecule has 4 heterocycles. The third-order valence-corrected chi connectivity index (χ3v) is 3.82. The molecule has 0 bridgehead atoms.